The Morgan fingerprint density at radius 1 is 0.295 bits per heavy atom. The Bertz CT molecular complexity index is 3680. The fourth-order valence-corrected chi connectivity index (χ4v) is 11.8. The molecule has 1 nitrogen and oxygen atoms in total. The third kappa shape index (κ3) is 4.67. The third-order valence-electron chi connectivity index (χ3n) is 14.5. The van der Waals surface area contributed by atoms with Gasteiger partial charge in [-0.25, -0.2) is 0 Å². The van der Waals surface area contributed by atoms with Crippen LogP contribution in [0.1, 0.15) is 49.9 Å². The Morgan fingerprint density at radius 2 is 0.738 bits per heavy atom. The van der Waals surface area contributed by atoms with E-state index in [4.69, 9.17) is 0 Å². The summed E-state index contributed by atoms with van der Waals surface area (Å²) in [7, 11) is 0. The van der Waals surface area contributed by atoms with Crippen LogP contribution in [0.15, 0.2) is 188 Å². The van der Waals surface area contributed by atoms with Gasteiger partial charge in [0.05, 0.1) is 0 Å². The van der Waals surface area contributed by atoms with Gasteiger partial charge in [-0.2, -0.15) is 0 Å². The monoisotopic (exact) mass is 777 g/mol. The highest BCUT2D eigenvalue weighted by Crippen LogP contribution is 2.56. The second-order valence-corrected chi connectivity index (χ2v) is 18.4. The van der Waals surface area contributed by atoms with E-state index in [1.54, 1.807) is 0 Å². The molecule has 1 heteroatoms. The summed E-state index contributed by atoms with van der Waals surface area (Å²) < 4.78 is 0. The number of fused-ring (bicyclic) bond motifs is 18. The van der Waals surface area contributed by atoms with E-state index >= 15 is 0 Å². The lowest BCUT2D eigenvalue weighted by Gasteiger charge is -2.29. The van der Waals surface area contributed by atoms with Crippen molar-refractivity contribution in [2.75, 3.05) is 4.90 Å². The summed E-state index contributed by atoms with van der Waals surface area (Å²) in [5.41, 5.74) is 14.2. The molecule has 0 heterocycles. The lowest BCUT2D eigenvalue weighted by molar-refractivity contribution is 0.661. The quantitative estimate of drug-likeness (QED) is 0.162. The van der Waals surface area contributed by atoms with Gasteiger partial charge in [0, 0.05) is 27.9 Å². The van der Waals surface area contributed by atoms with Crippen molar-refractivity contribution < 1.29 is 0 Å². The number of anilines is 3. The first kappa shape index (κ1) is 34.6. The molecule has 2 aliphatic carbocycles. The van der Waals surface area contributed by atoms with Gasteiger partial charge in [0.2, 0.25) is 0 Å². The summed E-state index contributed by atoms with van der Waals surface area (Å²) in [6.07, 6.45) is 0. The first-order valence-electron chi connectivity index (χ1n) is 21.7. The van der Waals surface area contributed by atoms with Gasteiger partial charge in [0.25, 0.3) is 0 Å². The predicted molar refractivity (Wildman–Crippen MR) is 261 cm³/mol. The zero-order chi connectivity index (χ0) is 40.8. The van der Waals surface area contributed by atoms with E-state index < -0.39 is 0 Å². The minimum atomic E-state index is -0.163. The molecule has 11 aromatic carbocycles. The minimum Gasteiger partial charge on any atom is -0.310 e. The Morgan fingerprint density at radius 3 is 1.41 bits per heavy atom. The van der Waals surface area contributed by atoms with E-state index in [2.05, 4.69) is 221 Å². The van der Waals surface area contributed by atoms with Gasteiger partial charge >= 0.3 is 0 Å². The maximum Gasteiger partial charge on any atom is 0.0468 e. The van der Waals surface area contributed by atoms with Crippen molar-refractivity contribution in [3.63, 3.8) is 0 Å². The Balaban J connectivity index is 1.04. The molecule has 0 bridgehead atoms. The standard InChI is InChI=1S/C60H43N/c1-59(2)54-32-23-36-13-5-7-15-42(36)56(54)52-31-26-41(35-55(52)59)61(40-25-30-49-47-19-10-9-17-45(47)46-18-11-12-20-48(46)53(49)34-40)39-24-29-44-38(33-39)22-28-51-50-27-21-37-14-6-8-16-43(37)57(50)60(3,4)58(44)51/h5-35H,1-4H3. The summed E-state index contributed by atoms with van der Waals surface area (Å²) in [5, 5.41) is 15.5. The lowest BCUT2D eigenvalue weighted by atomic mass is 9.78. The van der Waals surface area contributed by atoms with Crippen LogP contribution >= 0.6 is 0 Å². The number of benzene rings is 11. The maximum atomic E-state index is 2.50. The molecule has 0 unspecified atom stereocenters. The van der Waals surface area contributed by atoms with Crippen molar-refractivity contribution in [2.24, 2.45) is 0 Å². The second kappa shape index (κ2) is 12.2. The highest BCUT2D eigenvalue weighted by Gasteiger charge is 2.39. The van der Waals surface area contributed by atoms with Crippen LogP contribution < -0.4 is 4.90 Å². The van der Waals surface area contributed by atoms with E-state index in [-0.39, 0.29) is 10.8 Å². The second-order valence-electron chi connectivity index (χ2n) is 18.4. The van der Waals surface area contributed by atoms with E-state index in [1.807, 2.05) is 0 Å². The topological polar surface area (TPSA) is 3.24 Å². The summed E-state index contributed by atoms with van der Waals surface area (Å²) in [6.45, 7) is 9.63. The molecule has 0 N–H and O–H groups in total. The van der Waals surface area contributed by atoms with Crippen LogP contribution in [0.5, 0.6) is 0 Å². The zero-order valence-electron chi connectivity index (χ0n) is 34.8. The van der Waals surface area contributed by atoms with Crippen LogP contribution in [-0.2, 0) is 10.8 Å². The molecule has 0 fully saturated rings. The van der Waals surface area contributed by atoms with Crippen molar-refractivity contribution in [3.8, 4) is 22.3 Å². The van der Waals surface area contributed by atoms with Crippen molar-refractivity contribution in [1.29, 1.82) is 0 Å². The first-order chi connectivity index (χ1) is 29.8. The molecule has 11 aromatic rings. The molecule has 61 heavy (non-hydrogen) atoms. The molecule has 13 rings (SSSR count). The Labute approximate surface area is 356 Å². The number of rotatable bonds is 3. The van der Waals surface area contributed by atoms with E-state index in [0.29, 0.717) is 0 Å². The fourth-order valence-electron chi connectivity index (χ4n) is 11.8. The average Bonchev–Trinajstić information content (AvgIpc) is 3.68. The van der Waals surface area contributed by atoms with E-state index in [9.17, 15) is 0 Å². The molecule has 0 saturated heterocycles. The van der Waals surface area contributed by atoms with Crippen LogP contribution in [-0.4, -0.2) is 0 Å². The molecule has 0 atom stereocenters. The van der Waals surface area contributed by atoms with Crippen LogP contribution in [0.25, 0.3) is 86.9 Å². The number of nitrogens with zero attached hydrogens (tertiary/aromatic N) is 1. The zero-order valence-corrected chi connectivity index (χ0v) is 34.8. The van der Waals surface area contributed by atoms with Gasteiger partial charge in [0.1, 0.15) is 0 Å². The van der Waals surface area contributed by atoms with Crippen molar-refractivity contribution in [3.05, 3.63) is 210 Å². The highest BCUT2D eigenvalue weighted by atomic mass is 15.1. The fraction of sp³-hybridized carbons (Fsp3) is 0.100. The average molecular weight is 778 g/mol. The van der Waals surface area contributed by atoms with Gasteiger partial charge in [-0.15, -0.1) is 0 Å². The van der Waals surface area contributed by atoms with Crippen LogP contribution in [0.2, 0.25) is 0 Å². The number of hydrogen-bond donors (Lipinski definition) is 0. The molecule has 0 amide bonds. The van der Waals surface area contributed by atoms with Gasteiger partial charge in [-0.05, 0) is 146 Å². The highest BCUT2D eigenvalue weighted by molar-refractivity contribution is 6.26. The largest absolute Gasteiger partial charge is 0.310 e. The van der Waals surface area contributed by atoms with Gasteiger partial charge in [-0.3, -0.25) is 0 Å². The Kier molecular flexibility index (Phi) is 6.91. The molecular weight excluding hydrogens is 735 g/mol. The van der Waals surface area contributed by atoms with Crippen molar-refractivity contribution in [1.82, 2.24) is 0 Å². The van der Waals surface area contributed by atoms with E-state index in [0.717, 1.165) is 17.1 Å². The van der Waals surface area contributed by atoms with Crippen LogP contribution in [0.4, 0.5) is 17.1 Å². The third-order valence-corrected chi connectivity index (χ3v) is 14.5. The summed E-state index contributed by atoms with van der Waals surface area (Å²) in [5.74, 6) is 0. The molecule has 0 radical (unpaired) electrons. The molecule has 0 saturated carbocycles. The van der Waals surface area contributed by atoms with Crippen LogP contribution in [0, 0.1) is 0 Å². The molecule has 0 aliphatic heterocycles. The minimum absolute atomic E-state index is 0.154. The molecule has 2 aliphatic rings. The van der Waals surface area contributed by atoms with Crippen molar-refractivity contribution in [2.45, 2.75) is 38.5 Å². The first-order valence-corrected chi connectivity index (χ1v) is 21.7. The Hall–Kier alpha value is -7.22. The molecule has 0 spiro atoms. The van der Waals surface area contributed by atoms with Gasteiger partial charge < -0.3 is 4.90 Å². The molecule has 0 aromatic heterocycles. The predicted octanol–water partition coefficient (Wildman–Crippen LogP) is 16.7. The summed E-state index contributed by atoms with van der Waals surface area (Å²) in [4.78, 5) is 2.50. The normalized spacial score (nSPS) is 14.5. The van der Waals surface area contributed by atoms with Crippen LogP contribution in [0.3, 0.4) is 0 Å². The van der Waals surface area contributed by atoms with Gasteiger partial charge in [0.15, 0.2) is 0 Å². The molecular formula is C60H43N. The summed E-state index contributed by atoms with van der Waals surface area (Å²) >= 11 is 0. The molecule has 288 valence electrons. The smallest absolute Gasteiger partial charge is 0.0468 e. The van der Waals surface area contributed by atoms with E-state index in [1.165, 1.54) is 109 Å². The lowest BCUT2D eigenvalue weighted by Crippen LogP contribution is -2.17. The SMILES string of the molecule is CC1(C)c2cc(N(c3ccc4c5c(ccc4c3)-c3ccc4ccccc4c3C5(C)C)c3ccc4c5ccccc5c5ccccc5c4c3)ccc2-c2c1ccc1ccccc21. The number of hydrogen-bond acceptors (Lipinski definition) is 1. The van der Waals surface area contributed by atoms with Crippen molar-refractivity contribution >= 4 is 81.7 Å². The summed E-state index contributed by atoms with van der Waals surface area (Å²) in [6, 6.07) is 71.0. The van der Waals surface area contributed by atoms with Gasteiger partial charge in [-0.1, -0.05) is 179 Å². The maximum absolute atomic E-state index is 2.50.